The molecule has 0 radical (unpaired) electrons. The third kappa shape index (κ3) is 4.62. The van der Waals surface area contributed by atoms with E-state index >= 15 is 0 Å². The zero-order valence-corrected chi connectivity index (χ0v) is 11.6. The number of hydrogen-bond donors (Lipinski definition) is 3. The Bertz CT molecular complexity index is 304. The van der Waals surface area contributed by atoms with Crippen LogP contribution in [0, 0.1) is 0 Å². The van der Waals surface area contributed by atoms with E-state index in [4.69, 9.17) is 0 Å². The van der Waals surface area contributed by atoms with Gasteiger partial charge in [-0.2, -0.15) is 0 Å². The summed E-state index contributed by atoms with van der Waals surface area (Å²) in [5, 5.41) is 7.74. The number of imide groups is 1. The van der Waals surface area contributed by atoms with Crippen LogP contribution >= 0.6 is 0 Å². The van der Waals surface area contributed by atoms with Crippen molar-refractivity contribution in [1.29, 1.82) is 0 Å². The van der Waals surface area contributed by atoms with E-state index in [1.807, 2.05) is 0 Å². The minimum Gasteiger partial charge on any atom is -0.341 e. The minimum atomic E-state index is -0.475. The lowest BCUT2D eigenvalue weighted by molar-refractivity contribution is -0.121. The second-order valence-corrected chi connectivity index (χ2v) is 4.94. The first-order valence-corrected chi connectivity index (χ1v) is 6.43. The Balaban J connectivity index is 2.24. The summed E-state index contributed by atoms with van der Waals surface area (Å²) in [6.45, 7) is 4.62. The summed E-state index contributed by atoms with van der Waals surface area (Å²) in [4.78, 5) is 24.9. The van der Waals surface area contributed by atoms with Crippen LogP contribution in [0.1, 0.15) is 26.7 Å². The van der Waals surface area contributed by atoms with Crippen molar-refractivity contribution in [3.05, 3.63) is 0 Å². The third-order valence-corrected chi connectivity index (χ3v) is 3.39. The molecule has 0 bridgehead atoms. The molecular weight excluding hydrogens is 232 g/mol. The van der Waals surface area contributed by atoms with Crippen molar-refractivity contribution in [2.75, 3.05) is 20.6 Å². The molecule has 1 fully saturated rings. The Hall–Kier alpha value is -1.14. The molecule has 0 aromatic heterocycles. The van der Waals surface area contributed by atoms with Gasteiger partial charge in [0, 0.05) is 25.7 Å². The van der Waals surface area contributed by atoms with E-state index in [1.165, 1.54) is 19.9 Å². The molecule has 0 saturated heterocycles. The smallest absolute Gasteiger partial charge is 0.321 e. The lowest BCUT2D eigenvalue weighted by atomic mass is 10.2. The SMILES string of the molecule is CNC(=O)NC(=O)C(C)NCC(C)N(C)C1CC1. The van der Waals surface area contributed by atoms with E-state index in [1.54, 1.807) is 6.92 Å². The average Bonchev–Trinajstić information content (AvgIpc) is 3.18. The van der Waals surface area contributed by atoms with E-state index in [0.29, 0.717) is 12.1 Å². The van der Waals surface area contributed by atoms with Crippen LogP contribution in [-0.2, 0) is 4.79 Å². The fourth-order valence-electron chi connectivity index (χ4n) is 1.71. The topological polar surface area (TPSA) is 73.5 Å². The molecular formula is C12H24N4O2. The van der Waals surface area contributed by atoms with Crippen molar-refractivity contribution in [3.8, 4) is 0 Å². The Morgan fingerprint density at radius 2 is 1.94 bits per heavy atom. The van der Waals surface area contributed by atoms with Crippen molar-refractivity contribution in [1.82, 2.24) is 20.9 Å². The summed E-state index contributed by atoms with van der Waals surface area (Å²) in [5.74, 6) is -0.310. The van der Waals surface area contributed by atoms with E-state index in [-0.39, 0.29) is 11.9 Å². The molecule has 1 aliphatic rings. The van der Waals surface area contributed by atoms with Crippen LogP contribution in [0.3, 0.4) is 0 Å². The summed E-state index contributed by atoms with van der Waals surface area (Å²) in [5.41, 5.74) is 0. The standard InChI is InChI=1S/C12H24N4O2/c1-8(16(4)10-5-6-10)7-14-9(2)11(17)15-12(18)13-3/h8-10,14H,5-7H2,1-4H3,(H2,13,15,17,18). The second-order valence-electron chi connectivity index (χ2n) is 4.94. The molecule has 104 valence electrons. The molecule has 1 aliphatic carbocycles. The van der Waals surface area contributed by atoms with Gasteiger partial charge in [0.15, 0.2) is 0 Å². The normalized spacial score (nSPS) is 18.3. The van der Waals surface area contributed by atoms with Gasteiger partial charge in [0.25, 0.3) is 0 Å². The number of carbonyl (C=O) groups excluding carboxylic acids is 2. The number of rotatable bonds is 6. The van der Waals surface area contributed by atoms with Gasteiger partial charge >= 0.3 is 6.03 Å². The maximum absolute atomic E-state index is 11.6. The minimum absolute atomic E-state index is 0.310. The van der Waals surface area contributed by atoms with E-state index in [2.05, 4.69) is 34.8 Å². The average molecular weight is 256 g/mol. The molecule has 3 amide bonds. The van der Waals surface area contributed by atoms with Crippen molar-refractivity contribution < 1.29 is 9.59 Å². The molecule has 18 heavy (non-hydrogen) atoms. The molecule has 0 aromatic carbocycles. The molecule has 6 heteroatoms. The largest absolute Gasteiger partial charge is 0.341 e. The Morgan fingerprint density at radius 3 is 2.44 bits per heavy atom. The second kappa shape index (κ2) is 6.70. The number of hydrogen-bond acceptors (Lipinski definition) is 4. The number of likely N-dealkylation sites (N-methyl/N-ethyl adjacent to an activating group) is 1. The van der Waals surface area contributed by atoms with Crippen molar-refractivity contribution in [3.63, 3.8) is 0 Å². The number of urea groups is 1. The van der Waals surface area contributed by atoms with E-state index in [0.717, 1.165) is 6.54 Å². The van der Waals surface area contributed by atoms with Crippen LogP contribution in [0.2, 0.25) is 0 Å². The highest BCUT2D eigenvalue weighted by Crippen LogP contribution is 2.26. The highest BCUT2D eigenvalue weighted by Gasteiger charge is 2.29. The Kier molecular flexibility index (Phi) is 5.55. The van der Waals surface area contributed by atoms with Crippen molar-refractivity contribution in [2.24, 2.45) is 0 Å². The van der Waals surface area contributed by atoms with Gasteiger partial charge < -0.3 is 10.6 Å². The van der Waals surface area contributed by atoms with Crippen LogP contribution in [0.25, 0.3) is 0 Å². The number of nitrogens with zero attached hydrogens (tertiary/aromatic N) is 1. The molecule has 1 saturated carbocycles. The highest BCUT2D eigenvalue weighted by atomic mass is 16.2. The molecule has 0 spiro atoms. The summed E-state index contributed by atoms with van der Waals surface area (Å²) < 4.78 is 0. The molecule has 6 nitrogen and oxygen atoms in total. The zero-order valence-electron chi connectivity index (χ0n) is 11.6. The van der Waals surface area contributed by atoms with Crippen molar-refractivity contribution >= 4 is 11.9 Å². The Labute approximate surface area is 108 Å². The van der Waals surface area contributed by atoms with Crippen molar-refractivity contribution in [2.45, 2.75) is 44.8 Å². The highest BCUT2D eigenvalue weighted by molar-refractivity contribution is 5.96. The van der Waals surface area contributed by atoms with Gasteiger partial charge in [-0.05, 0) is 33.7 Å². The van der Waals surface area contributed by atoms with Gasteiger partial charge in [-0.1, -0.05) is 0 Å². The molecule has 0 heterocycles. The first kappa shape index (κ1) is 14.9. The first-order chi connectivity index (χ1) is 8.45. The molecule has 0 aliphatic heterocycles. The molecule has 3 N–H and O–H groups in total. The van der Waals surface area contributed by atoms with Crippen LogP contribution in [0.5, 0.6) is 0 Å². The molecule has 1 rings (SSSR count). The van der Waals surface area contributed by atoms with E-state index in [9.17, 15) is 9.59 Å². The van der Waals surface area contributed by atoms with Gasteiger partial charge in [-0.25, -0.2) is 4.79 Å². The first-order valence-electron chi connectivity index (χ1n) is 6.43. The maximum atomic E-state index is 11.6. The Morgan fingerprint density at radius 1 is 1.33 bits per heavy atom. The van der Waals surface area contributed by atoms with Gasteiger partial charge in [0.05, 0.1) is 6.04 Å². The molecule has 2 atom stereocenters. The maximum Gasteiger partial charge on any atom is 0.321 e. The monoisotopic (exact) mass is 256 g/mol. The lowest BCUT2D eigenvalue weighted by Crippen LogP contribution is -2.50. The summed E-state index contributed by atoms with van der Waals surface area (Å²) in [7, 11) is 3.59. The van der Waals surface area contributed by atoms with Gasteiger partial charge in [-0.15, -0.1) is 0 Å². The van der Waals surface area contributed by atoms with Crippen LogP contribution in [-0.4, -0.2) is 55.6 Å². The van der Waals surface area contributed by atoms with Gasteiger partial charge in [0.2, 0.25) is 5.91 Å². The zero-order chi connectivity index (χ0) is 13.7. The number of nitrogens with one attached hydrogen (secondary N) is 3. The third-order valence-electron chi connectivity index (χ3n) is 3.39. The van der Waals surface area contributed by atoms with E-state index < -0.39 is 6.03 Å². The van der Waals surface area contributed by atoms with Gasteiger partial charge in [-0.3, -0.25) is 15.0 Å². The molecule has 0 aromatic rings. The fourth-order valence-corrected chi connectivity index (χ4v) is 1.71. The summed E-state index contributed by atoms with van der Waals surface area (Å²) in [6, 6.07) is 0.235. The lowest BCUT2D eigenvalue weighted by Gasteiger charge is -2.26. The summed E-state index contributed by atoms with van der Waals surface area (Å²) >= 11 is 0. The molecule has 2 unspecified atom stereocenters. The predicted molar refractivity (Wildman–Crippen MR) is 70.3 cm³/mol. The van der Waals surface area contributed by atoms with Crippen LogP contribution in [0.15, 0.2) is 0 Å². The van der Waals surface area contributed by atoms with Crippen LogP contribution < -0.4 is 16.0 Å². The summed E-state index contributed by atoms with van der Waals surface area (Å²) in [6.07, 6.45) is 2.54. The van der Waals surface area contributed by atoms with Gasteiger partial charge in [0.1, 0.15) is 0 Å². The van der Waals surface area contributed by atoms with Crippen LogP contribution in [0.4, 0.5) is 4.79 Å². The number of carbonyl (C=O) groups is 2. The predicted octanol–water partition coefficient (Wildman–Crippen LogP) is -0.0972. The fraction of sp³-hybridized carbons (Fsp3) is 0.833. The quantitative estimate of drug-likeness (QED) is 0.620. The number of amides is 3.